The topological polar surface area (TPSA) is 54.5 Å². The van der Waals surface area contributed by atoms with Crippen molar-refractivity contribution in [2.75, 3.05) is 0 Å². The Labute approximate surface area is 87.8 Å². The fraction of sp³-hybridized carbons (Fsp3) is 0.182. The third-order valence-electron chi connectivity index (χ3n) is 2.20. The van der Waals surface area contributed by atoms with Crippen LogP contribution in [0, 0.1) is 18.3 Å². The van der Waals surface area contributed by atoms with Crippen molar-refractivity contribution < 1.29 is 0 Å². The van der Waals surface area contributed by atoms with E-state index in [0.717, 1.165) is 11.3 Å². The molecule has 15 heavy (non-hydrogen) atoms. The van der Waals surface area contributed by atoms with Gasteiger partial charge in [-0.3, -0.25) is 9.67 Å². The van der Waals surface area contributed by atoms with Gasteiger partial charge in [0.2, 0.25) is 0 Å². The Morgan fingerprint density at radius 1 is 1.47 bits per heavy atom. The van der Waals surface area contributed by atoms with Gasteiger partial charge in [-0.1, -0.05) is 0 Å². The maximum atomic E-state index is 8.96. The van der Waals surface area contributed by atoms with Gasteiger partial charge in [-0.25, -0.2) is 0 Å². The summed E-state index contributed by atoms with van der Waals surface area (Å²) in [5, 5.41) is 13.2. The lowest BCUT2D eigenvalue weighted by Crippen LogP contribution is -1.88. The van der Waals surface area contributed by atoms with E-state index in [1.54, 1.807) is 23.0 Å². The number of nitrogens with zero attached hydrogens (tertiary/aromatic N) is 4. The fourth-order valence-corrected chi connectivity index (χ4v) is 1.54. The SMILES string of the molecule is Cc1nn(C)cc1-c1ncccc1C#N. The average Bonchev–Trinajstić information content (AvgIpc) is 2.57. The van der Waals surface area contributed by atoms with E-state index >= 15 is 0 Å². The Hall–Kier alpha value is -2.15. The van der Waals surface area contributed by atoms with Gasteiger partial charge in [-0.2, -0.15) is 10.4 Å². The summed E-state index contributed by atoms with van der Waals surface area (Å²) in [6, 6.07) is 5.65. The van der Waals surface area contributed by atoms with Gasteiger partial charge >= 0.3 is 0 Å². The third kappa shape index (κ3) is 1.59. The standard InChI is InChI=1S/C11H10N4/c1-8-10(7-15(2)14-8)11-9(6-12)4-3-5-13-11/h3-5,7H,1-2H3. The van der Waals surface area contributed by atoms with E-state index < -0.39 is 0 Å². The summed E-state index contributed by atoms with van der Waals surface area (Å²) >= 11 is 0. The van der Waals surface area contributed by atoms with Crippen molar-refractivity contribution in [2.24, 2.45) is 7.05 Å². The lowest BCUT2D eigenvalue weighted by atomic mass is 10.1. The molecule has 0 spiro atoms. The van der Waals surface area contributed by atoms with E-state index in [0.29, 0.717) is 11.3 Å². The Balaban J connectivity index is 2.64. The molecule has 2 aromatic heterocycles. The Bertz CT molecular complexity index is 534. The first kappa shape index (κ1) is 9.41. The van der Waals surface area contributed by atoms with E-state index in [9.17, 15) is 0 Å². The van der Waals surface area contributed by atoms with E-state index in [1.165, 1.54) is 0 Å². The zero-order valence-corrected chi connectivity index (χ0v) is 8.60. The molecule has 0 aliphatic carbocycles. The van der Waals surface area contributed by atoms with Gasteiger partial charge in [0.1, 0.15) is 6.07 Å². The number of hydrogen-bond acceptors (Lipinski definition) is 3. The van der Waals surface area contributed by atoms with Gasteiger partial charge in [-0.15, -0.1) is 0 Å². The summed E-state index contributed by atoms with van der Waals surface area (Å²) in [6.07, 6.45) is 3.56. The molecule has 0 fully saturated rings. The molecule has 0 aliphatic heterocycles. The molecule has 74 valence electrons. The number of hydrogen-bond donors (Lipinski definition) is 0. The molecule has 4 heteroatoms. The first-order chi connectivity index (χ1) is 7.22. The van der Waals surface area contributed by atoms with Crippen LogP contribution < -0.4 is 0 Å². The molecule has 0 radical (unpaired) electrons. The molecule has 0 saturated heterocycles. The predicted molar refractivity (Wildman–Crippen MR) is 55.9 cm³/mol. The summed E-state index contributed by atoms with van der Waals surface area (Å²) in [6.45, 7) is 1.91. The van der Waals surface area contributed by atoms with E-state index in [2.05, 4.69) is 16.2 Å². The summed E-state index contributed by atoms with van der Waals surface area (Å²) in [7, 11) is 1.85. The molecule has 0 aromatic carbocycles. The molecule has 0 atom stereocenters. The highest BCUT2D eigenvalue weighted by Crippen LogP contribution is 2.22. The molecule has 2 rings (SSSR count). The van der Waals surface area contributed by atoms with Crippen LogP contribution in [-0.2, 0) is 7.05 Å². The number of nitriles is 1. The van der Waals surface area contributed by atoms with Crippen LogP contribution >= 0.6 is 0 Å². The Morgan fingerprint density at radius 3 is 2.87 bits per heavy atom. The van der Waals surface area contributed by atoms with Crippen LogP contribution in [0.2, 0.25) is 0 Å². The van der Waals surface area contributed by atoms with Gasteiger partial charge < -0.3 is 0 Å². The number of aryl methyl sites for hydroxylation is 2. The highest BCUT2D eigenvalue weighted by Gasteiger charge is 2.10. The van der Waals surface area contributed by atoms with Crippen molar-refractivity contribution >= 4 is 0 Å². The molecule has 0 bridgehead atoms. The summed E-state index contributed by atoms with van der Waals surface area (Å²) in [5.74, 6) is 0. The fourth-order valence-electron chi connectivity index (χ4n) is 1.54. The molecule has 0 N–H and O–H groups in total. The van der Waals surface area contributed by atoms with Crippen molar-refractivity contribution in [3.05, 3.63) is 35.8 Å². The molecule has 4 nitrogen and oxygen atoms in total. The highest BCUT2D eigenvalue weighted by molar-refractivity contribution is 5.67. The molecule has 0 amide bonds. The summed E-state index contributed by atoms with van der Waals surface area (Å²) in [5.41, 5.74) is 3.07. The minimum Gasteiger partial charge on any atom is -0.275 e. The van der Waals surface area contributed by atoms with E-state index in [4.69, 9.17) is 5.26 Å². The Kier molecular flexibility index (Phi) is 2.22. The van der Waals surface area contributed by atoms with Crippen LogP contribution in [0.1, 0.15) is 11.3 Å². The van der Waals surface area contributed by atoms with Crippen LogP contribution in [-0.4, -0.2) is 14.8 Å². The van der Waals surface area contributed by atoms with Crippen LogP contribution in [0.3, 0.4) is 0 Å². The number of pyridine rings is 1. The average molecular weight is 198 g/mol. The first-order valence-electron chi connectivity index (χ1n) is 4.58. The quantitative estimate of drug-likeness (QED) is 0.700. The molecule has 2 aromatic rings. The monoisotopic (exact) mass is 198 g/mol. The molecule has 0 saturated carbocycles. The van der Waals surface area contributed by atoms with E-state index in [1.807, 2.05) is 20.2 Å². The van der Waals surface area contributed by atoms with E-state index in [-0.39, 0.29) is 0 Å². The molecular formula is C11H10N4. The van der Waals surface area contributed by atoms with Gasteiger partial charge in [0, 0.05) is 25.0 Å². The minimum absolute atomic E-state index is 0.577. The van der Waals surface area contributed by atoms with Crippen LogP contribution in [0.5, 0.6) is 0 Å². The van der Waals surface area contributed by atoms with Crippen molar-refractivity contribution in [1.29, 1.82) is 5.26 Å². The van der Waals surface area contributed by atoms with Crippen LogP contribution in [0.25, 0.3) is 11.3 Å². The highest BCUT2D eigenvalue weighted by atomic mass is 15.2. The second kappa shape index (κ2) is 3.54. The zero-order chi connectivity index (χ0) is 10.8. The lowest BCUT2D eigenvalue weighted by molar-refractivity contribution is 0.756. The lowest BCUT2D eigenvalue weighted by Gasteiger charge is -1.99. The normalized spacial score (nSPS) is 9.93. The Morgan fingerprint density at radius 2 is 2.27 bits per heavy atom. The molecular weight excluding hydrogens is 188 g/mol. The van der Waals surface area contributed by atoms with Gasteiger partial charge in [-0.05, 0) is 19.1 Å². The maximum absolute atomic E-state index is 8.96. The zero-order valence-electron chi connectivity index (χ0n) is 8.60. The molecule has 0 unspecified atom stereocenters. The van der Waals surface area contributed by atoms with Crippen molar-refractivity contribution in [2.45, 2.75) is 6.92 Å². The van der Waals surface area contributed by atoms with Gasteiger partial charge in [0.25, 0.3) is 0 Å². The first-order valence-corrected chi connectivity index (χ1v) is 4.58. The number of aromatic nitrogens is 3. The largest absolute Gasteiger partial charge is 0.275 e. The minimum atomic E-state index is 0.577. The van der Waals surface area contributed by atoms with Crippen molar-refractivity contribution in [3.63, 3.8) is 0 Å². The smallest absolute Gasteiger partial charge is 0.101 e. The molecule has 0 aliphatic rings. The third-order valence-corrected chi connectivity index (χ3v) is 2.20. The number of rotatable bonds is 1. The molecule has 2 heterocycles. The van der Waals surface area contributed by atoms with Crippen LogP contribution in [0.4, 0.5) is 0 Å². The predicted octanol–water partition coefficient (Wildman–Crippen LogP) is 1.66. The second-order valence-corrected chi connectivity index (χ2v) is 3.31. The summed E-state index contributed by atoms with van der Waals surface area (Å²) in [4.78, 5) is 4.22. The summed E-state index contributed by atoms with van der Waals surface area (Å²) < 4.78 is 1.72. The van der Waals surface area contributed by atoms with Gasteiger partial charge in [0.05, 0.1) is 17.0 Å². The van der Waals surface area contributed by atoms with Gasteiger partial charge in [0.15, 0.2) is 0 Å². The second-order valence-electron chi connectivity index (χ2n) is 3.31. The van der Waals surface area contributed by atoms with Crippen molar-refractivity contribution in [1.82, 2.24) is 14.8 Å². The van der Waals surface area contributed by atoms with Crippen molar-refractivity contribution in [3.8, 4) is 17.3 Å². The van der Waals surface area contributed by atoms with Crippen LogP contribution in [0.15, 0.2) is 24.5 Å². The maximum Gasteiger partial charge on any atom is 0.101 e.